The van der Waals surface area contributed by atoms with Crippen LogP contribution in [0, 0.1) is 11.6 Å². The lowest BCUT2D eigenvalue weighted by Gasteiger charge is -2.23. The zero-order valence-corrected chi connectivity index (χ0v) is 20.6. The number of anilines is 2. The molecule has 0 N–H and O–H groups in total. The zero-order chi connectivity index (χ0) is 24.9. The maximum atomic E-state index is 14.2. The van der Waals surface area contributed by atoms with Crippen molar-refractivity contribution in [1.29, 1.82) is 0 Å². The van der Waals surface area contributed by atoms with E-state index < -0.39 is 11.6 Å². The molecule has 0 aliphatic heterocycles. The number of thioether (sulfide) groups is 1. The quantitative estimate of drug-likeness (QED) is 0.255. The number of imidazole rings is 1. The van der Waals surface area contributed by atoms with Gasteiger partial charge in [0.25, 0.3) is 0 Å². The molecule has 182 valence electrons. The summed E-state index contributed by atoms with van der Waals surface area (Å²) in [5.41, 5.74) is 1.67. The van der Waals surface area contributed by atoms with Gasteiger partial charge < -0.3 is 19.1 Å². The summed E-state index contributed by atoms with van der Waals surface area (Å²) in [6, 6.07) is 17.0. The highest BCUT2D eigenvalue weighted by Gasteiger charge is 2.19. The van der Waals surface area contributed by atoms with Crippen molar-refractivity contribution in [2.75, 3.05) is 33.3 Å². The van der Waals surface area contributed by atoms with Gasteiger partial charge in [0.15, 0.2) is 16.7 Å². The molecule has 0 aliphatic rings. The van der Waals surface area contributed by atoms with Crippen molar-refractivity contribution in [3.63, 3.8) is 0 Å². The van der Waals surface area contributed by atoms with E-state index in [1.807, 2.05) is 59.0 Å². The average molecular weight is 498 g/mol. The first kappa shape index (κ1) is 24.4. The Kier molecular flexibility index (Phi) is 7.45. The number of ether oxygens (including phenoxy) is 3. The molecule has 0 atom stereocenters. The smallest absolute Gasteiger partial charge is 0.174 e. The van der Waals surface area contributed by atoms with E-state index in [1.54, 1.807) is 27.5 Å². The first-order chi connectivity index (χ1) is 17.0. The lowest BCUT2D eigenvalue weighted by Crippen LogP contribution is -2.14. The summed E-state index contributed by atoms with van der Waals surface area (Å²) < 4.78 is 46.5. The molecule has 0 radical (unpaired) electrons. The van der Waals surface area contributed by atoms with Gasteiger partial charge in [-0.15, -0.1) is 0 Å². The number of rotatable bonds is 9. The van der Waals surface area contributed by atoms with E-state index in [9.17, 15) is 8.78 Å². The molecule has 4 rings (SSSR count). The second kappa shape index (κ2) is 10.7. The van der Waals surface area contributed by atoms with Gasteiger partial charge in [0.05, 0.1) is 27.5 Å². The average Bonchev–Trinajstić information content (AvgIpc) is 3.31. The molecule has 0 bridgehead atoms. The Bertz CT molecular complexity index is 1290. The molecule has 9 heteroatoms. The minimum absolute atomic E-state index is 0.0107. The Morgan fingerprint density at radius 2 is 1.57 bits per heavy atom. The number of nitrogens with zero attached hydrogens (tertiary/aromatic N) is 3. The Labute approximate surface area is 207 Å². The van der Waals surface area contributed by atoms with Gasteiger partial charge >= 0.3 is 0 Å². The zero-order valence-electron chi connectivity index (χ0n) is 19.8. The summed E-state index contributed by atoms with van der Waals surface area (Å²) in [7, 11) is 6.68. The van der Waals surface area contributed by atoms with Crippen LogP contribution in [0.2, 0.25) is 0 Å². The fourth-order valence-electron chi connectivity index (χ4n) is 3.61. The van der Waals surface area contributed by atoms with Crippen molar-refractivity contribution >= 4 is 23.3 Å². The molecule has 3 aromatic carbocycles. The maximum absolute atomic E-state index is 14.2. The third-order valence-electron chi connectivity index (χ3n) is 5.55. The van der Waals surface area contributed by atoms with Crippen LogP contribution in [-0.4, -0.2) is 37.9 Å². The summed E-state index contributed by atoms with van der Waals surface area (Å²) >= 11 is 1.25. The highest BCUT2D eigenvalue weighted by Crippen LogP contribution is 2.37. The number of halogens is 2. The van der Waals surface area contributed by atoms with Crippen LogP contribution in [0.4, 0.5) is 20.3 Å². The summed E-state index contributed by atoms with van der Waals surface area (Å²) in [5, 5.41) is 0.583. The molecule has 0 spiro atoms. The fourth-order valence-corrected chi connectivity index (χ4v) is 4.62. The van der Waals surface area contributed by atoms with Crippen LogP contribution in [0.3, 0.4) is 0 Å². The summed E-state index contributed by atoms with van der Waals surface area (Å²) in [4.78, 5) is 6.54. The Hall–Kier alpha value is -3.72. The van der Waals surface area contributed by atoms with Gasteiger partial charge in [0.1, 0.15) is 23.2 Å². The molecule has 4 aromatic rings. The molecule has 1 heterocycles. The van der Waals surface area contributed by atoms with Crippen molar-refractivity contribution in [3.05, 3.63) is 84.1 Å². The van der Waals surface area contributed by atoms with Crippen molar-refractivity contribution in [2.24, 2.45) is 0 Å². The molecule has 0 saturated carbocycles. The second-order valence-electron chi connectivity index (χ2n) is 7.52. The van der Waals surface area contributed by atoms with Crippen LogP contribution in [0.25, 0.3) is 5.69 Å². The van der Waals surface area contributed by atoms with E-state index in [4.69, 9.17) is 14.2 Å². The molecule has 0 amide bonds. The van der Waals surface area contributed by atoms with Crippen LogP contribution >= 0.6 is 11.8 Å². The Morgan fingerprint density at radius 1 is 0.886 bits per heavy atom. The minimum Gasteiger partial charge on any atom is -0.497 e. The van der Waals surface area contributed by atoms with Gasteiger partial charge in [-0.1, -0.05) is 17.8 Å². The minimum atomic E-state index is -0.581. The summed E-state index contributed by atoms with van der Waals surface area (Å²) in [6.45, 7) is 0. The number of hydrogen-bond acceptors (Lipinski definition) is 6. The molecular formula is C26H25F2N3O3S. The van der Waals surface area contributed by atoms with E-state index >= 15 is 0 Å². The van der Waals surface area contributed by atoms with E-state index in [2.05, 4.69) is 4.98 Å². The highest BCUT2D eigenvalue weighted by atomic mass is 32.2. The molecule has 0 aliphatic carbocycles. The van der Waals surface area contributed by atoms with Gasteiger partial charge in [-0.05, 0) is 48.5 Å². The number of methoxy groups -OCH3 is 3. The third-order valence-corrected chi connectivity index (χ3v) is 6.53. The molecule has 0 saturated heterocycles. The van der Waals surface area contributed by atoms with Crippen LogP contribution < -0.4 is 19.1 Å². The molecule has 6 nitrogen and oxygen atoms in total. The monoisotopic (exact) mass is 497 g/mol. The fraction of sp³-hybridized carbons (Fsp3) is 0.192. The van der Waals surface area contributed by atoms with Crippen LogP contribution in [0.5, 0.6) is 17.2 Å². The molecule has 1 aromatic heterocycles. The topological polar surface area (TPSA) is 48.8 Å². The van der Waals surface area contributed by atoms with Crippen molar-refractivity contribution in [1.82, 2.24) is 9.55 Å². The molecule has 0 fully saturated rings. The number of hydrogen-bond donors (Lipinski definition) is 0. The largest absolute Gasteiger partial charge is 0.497 e. The summed E-state index contributed by atoms with van der Waals surface area (Å²) in [6.07, 6.45) is 1.72. The Balaban J connectivity index is 1.75. The van der Waals surface area contributed by atoms with E-state index in [0.29, 0.717) is 22.4 Å². The third kappa shape index (κ3) is 5.05. The lowest BCUT2D eigenvalue weighted by molar-refractivity contribution is 0.355. The molecule has 35 heavy (non-hydrogen) atoms. The maximum Gasteiger partial charge on any atom is 0.174 e. The first-order valence-corrected chi connectivity index (χ1v) is 11.7. The highest BCUT2D eigenvalue weighted by molar-refractivity contribution is 7.98. The van der Waals surface area contributed by atoms with Crippen molar-refractivity contribution < 1.29 is 23.0 Å². The predicted molar refractivity (Wildman–Crippen MR) is 134 cm³/mol. The van der Waals surface area contributed by atoms with E-state index in [0.717, 1.165) is 17.2 Å². The molecular weight excluding hydrogens is 472 g/mol. The van der Waals surface area contributed by atoms with Crippen LogP contribution in [0.15, 0.2) is 72.0 Å². The summed E-state index contributed by atoms with van der Waals surface area (Å²) in [5.74, 6) is 1.61. The second-order valence-corrected chi connectivity index (χ2v) is 8.46. The van der Waals surface area contributed by atoms with Crippen LogP contribution in [0.1, 0.15) is 5.56 Å². The number of aromatic nitrogens is 2. The Morgan fingerprint density at radius 3 is 2.20 bits per heavy atom. The van der Waals surface area contributed by atoms with Crippen LogP contribution in [-0.2, 0) is 5.75 Å². The van der Waals surface area contributed by atoms with Crippen molar-refractivity contribution in [2.45, 2.75) is 10.9 Å². The van der Waals surface area contributed by atoms with Gasteiger partial charge in [-0.3, -0.25) is 4.57 Å². The lowest BCUT2D eigenvalue weighted by atomic mass is 10.2. The van der Waals surface area contributed by atoms with Gasteiger partial charge in [0, 0.05) is 35.8 Å². The number of benzene rings is 3. The predicted octanol–water partition coefficient (Wildman–Crippen LogP) is 6.24. The van der Waals surface area contributed by atoms with Gasteiger partial charge in [0.2, 0.25) is 0 Å². The standard InChI is InChI=1S/C26H25F2N3O3S/c1-30(18-10-13-23(33-3)24(14-18)34-4)25-15-29-26(31(25)17-8-11-19(32-2)12-9-17)35-16-20-21(27)6-5-7-22(20)28/h5-15H,16H2,1-4H3. The van der Waals surface area contributed by atoms with Gasteiger partial charge in [-0.25, -0.2) is 13.8 Å². The van der Waals surface area contributed by atoms with Gasteiger partial charge in [-0.2, -0.15) is 0 Å². The van der Waals surface area contributed by atoms with Crippen molar-refractivity contribution in [3.8, 4) is 22.9 Å². The first-order valence-electron chi connectivity index (χ1n) is 10.7. The SMILES string of the molecule is COc1ccc(-n2c(N(C)c3ccc(OC)c(OC)c3)cnc2SCc2c(F)cccc2F)cc1. The normalized spacial score (nSPS) is 10.8. The van der Waals surface area contributed by atoms with E-state index in [1.165, 1.54) is 30.0 Å². The molecule has 0 unspecified atom stereocenters. The van der Waals surface area contributed by atoms with E-state index in [-0.39, 0.29) is 11.3 Å².